The molecule has 0 radical (unpaired) electrons. The molecule has 1 amide bonds. The smallest absolute Gasteiger partial charge is 0.257 e. The summed E-state index contributed by atoms with van der Waals surface area (Å²) in [6.07, 6.45) is 2.68. The molecule has 19 heavy (non-hydrogen) atoms. The Labute approximate surface area is 112 Å². The topological polar surface area (TPSA) is 95.2 Å². The number of H-pyrrole nitrogens is 1. The Morgan fingerprint density at radius 2 is 2.32 bits per heavy atom. The summed E-state index contributed by atoms with van der Waals surface area (Å²) in [7, 11) is -3.60. The summed E-state index contributed by atoms with van der Waals surface area (Å²) in [6.45, 7) is 4.52. The summed E-state index contributed by atoms with van der Waals surface area (Å²) in [6, 6.07) is -0.337. The molecule has 2 rings (SSSR count). The minimum atomic E-state index is -3.60. The van der Waals surface area contributed by atoms with Crippen molar-refractivity contribution in [2.75, 3.05) is 13.1 Å². The van der Waals surface area contributed by atoms with E-state index in [0.29, 0.717) is 25.3 Å². The van der Waals surface area contributed by atoms with Crippen molar-refractivity contribution in [2.24, 2.45) is 0 Å². The quantitative estimate of drug-likeness (QED) is 0.797. The first-order chi connectivity index (χ1) is 8.88. The van der Waals surface area contributed by atoms with E-state index in [4.69, 9.17) is 0 Å². The van der Waals surface area contributed by atoms with Gasteiger partial charge in [-0.05, 0) is 20.3 Å². The average molecular weight is 286 g/mol. The zero-order valence-electron chi connectivity index (χ0n) is 11.0. The van der Waals surface area contributed by atoms with Crippen molar-refractivity contribution < 1.29 is 13.2 Å². The van der Waals surface area contributed by atoms with Crippen molar-refractivity contribution in [1.82, 2.24) is 19.6 Å². The molecule has 1 saturated heterocycles. The van der Waals surface area contributed by atoms with Crippen LogP contribution >= 0.6 is 0 Å². The first-order valence-corrected chi connectivity index (χ1v) is 7.68. The molecule has 1 fully saturated rings. The predicted molar refractivity (Wildman–Crippen MR) is 68.9 cm³/mol. The van der Waals surface area contributed by atoms with E-state index in [0.717, 1.165) is 6.42 Å². The van der Waals surface area contributed by atoms with Crippen LogP contribution in [0.3, 0.4) is 0 Å². The number of likely N-dealkylation sites (tertiary alicyclic amines) is 1. The lowest BCUT2D eigenvalue weighted by Crippen LogP contribution is -2.42. The van der Waals surface area contributed by atoms with Gasteiger partial charge >= 0.3 is 0 Å². The van der Waals surface area contributed by atoms with Crippen LogP contribution in [0.25, 0.3) is 0 Å². The molecule has 0 aromatic carbocycles. The van der Waals surface area contributed by atoms with Crippen LogP contribution in [0.1, 0.15) is 25.6 Å². The Kier molecular flexibility index (Phi) is 3.91. The Morgan fingerprint density at radius 1 is 1.58 bits per heavy atom. The van der Waals surface area contributed by atoms with Gasteiger partial charge in [0.25, 0.3) is 10.0 Å². The highest BCUT2D eigenvalue weighted by Gasteiger charge is 2.25. The number of nitrogens with zero attached hydrogens (tertiary/aromatic N) is 2. The lowest BCUT2D eigenvalue weighted by Gasteiger charge is -2.21. The van der Waals surface area contributed by atoms with E-state index >= 15 is 0 Å². The van der Waals surface area contributed by atoms with Crippen LogP contribution in [-0.2, 0) is 14.8 Å². The van der Waals surface area contributed by atoms with Crippen LogP contribution in [-0.4, -0.2) is 48.3 Å². The standard InChI is InChI=1S/C11H18N4O3S/c1-8(7-15-5-3-4-11(15)16)14-19(17,18)10-6-12-9(2)13-10/h6,8,14H,3-5,7H2,1-2H3,(H,12,13). The average Bonchev–Trinajstić information content (AvgIpc) is 2.88. The molecule has 2 heterocycles. The van der Waals surface area contributed by atoms with Crippen LogP contribution in [0.2, 0.25) is 0 Å². The first-order valence-electron chi connectivity index (χ1n) is 6.20. The lowest BCUT2D eigenvalue weighted by atomic mass is 10.3. The molecule has 2 N–H and O–H groups in total. The number of carbonyl (C=O) groups is 1. The summed E-state index contributed by atoms with van der Waals surface area (Å²) >= 11 is 0. The molecule has 106 valence electrons. The van der Waals surface area contributed by atoms with Crippen molar-refractivity contribution in [3.63, 3.8) is 0 Å². The second kappa shape index (κ2) is 5.30. The molecule has 1 aromatic rings. The number of carbonyl (C=O) groups excluding carboxylic acids is 1. The zero-order valence-corrected chi connectivity index (χ0v) is 11.8. The molecule has 0 spiro atoms. The maximum Gasteiger partial charge on any atom is 0.257 e. The van der Waals surface area contributed by atoms with E-state index in [1.807, 2.05) is 0 Å². The van der Waals surface area contributed by atoms with E-state index in [1.165, 1.54) is 6.20 Å². The molecule has 0 saturated carbocycles. The van der Waals surface area contributed by atoms with Crippen LogP contribution in [0.15, 0.2) is 11.2 Å². The molecule has 1 aliphatic heterocycles. The van der Waals surface area contributed by atoms with Gasteiger partial charge < -0.3 is 9.88 Å². The van der Waals surface area contributed by atoms with Gasteiger partial charge in [0.1, 0.15) is 5.82 Å². The third kappa shape index (κ3) is 3.32. The number of hydrogen-bond donors (Lipinski definition) is 2. The number of sulfonamides is 1. The van der Waals surface area contributed by atoms with Crippen LogP contribution < -0.4 is 4.72 Å². The SMILES string of the molecule is Cc1ncc(S(=O)(=O)NC(C)CN2CCCC2=O)[nH]1. The summed E-state index contributed by atoms with van der Waals surface area (Å²) < 4.78 is 26.6. The summed E-state index contributed by atoms with van der Waals surface area (Å²) in [5, 5.41) is 0.0459. The lowest BCUT2D eigenvalue weighted by molar-refractivity contribution is -0.127. The fraction of sp³-hybridized carbons (Fsp3) is 0.636. The van der Waals surface area contributed by atoms with Gasteiger partial charge in [-0.2, -0.15) is 0 Å². The fourth-order valence-electron chi connectivity index (χ4n) is 2.13. The highest BCUT2D eigenvalue weighted by Crippen LogP contribution is 2.11. The maximum absolute atomic E-state index is 12.0. The summed E-state index contributed by atoms with van der Waals surface area (Å²) in [5.74, 6) is 0.631. The molecule has 0 bridgehead atoms. The van der Waals surface area contributed by atoms with Crippen LogP contribution in [0, 0.1) is 6.92 Å². The summed E-state index contributed by atoms with van der Waals surface area (Å²) in [5.41, 5.74) is 0. The molecule has 1 aliphatic rings. The number of imidazole rings is 1. The summed E-state index contributed by atoms with van der Waals surface area (Å²) in [4.78, 5) is 19.7. The third-order valence-electron chi connectivity index (χ3n) is 2.99. The molecule has 8 heteroatoms. The number of aromatic nitrogens is 2. The van der Waals surface area contributed by atoms with Gasteiger partial charge in [-0.3, -0.25) is 4.79 Å². The van der Waals surface area contributed by atoms with Gasteiger partial charge in [0.2, 0.25) is 5.91 Å². The Morgan fingerprint density at radius 3 is 2.84 bits per heavy atom. The van der Waals surface area contributed by atoms with Gasteiger partial charge in [0.05, 0.1) is 6.20 Å². The first kappa shape index (κ1) is 14.0. The number of hydrogen-bond acceptors (Lipinski definition) is 4. The maximum atomic E-state index is 12.0. The van der Waals surface area contributed by atoms with Crippen molar-refractivity contribution >= 4 is 15.9 Å². The second-order valence-electron chi connectivity index (χ2n) is 4.80. The number of amides is 1. The van der Waals surface area contributed by atoms with E-state index in [2.05, 4.69) is 14.7 Å². The Balaban J connectivity index is 1.98. The third-order valence-corrected chi connectivity index (χ3v) is 4.49. The monoisotopic (exact) mass is 286 g/mol. The van der Waals surface area contributed by atoms with Gasteiger partial charge in [-0.1, -0.05) is 0 Å². The number of rotatable bonds is 5. The number of nitrogens with one attached hydrogen (secondary N) is 2. The van der Waals surface area contributed by atoms with Crippen molar-refractivity contribution in [1.29, 1.82) is 0 Å². The van der Waals surface area contributed by atoms with E-state index in [1.54, 1.807) is 18.7 Å². The van der Waals surface area contributed by atoms with Crippen molar-refractivity contribution in [3.8, 4) is 0 Å². The van der Waals surface area contributed by atoms with Crippen molar-refractivity contribution in [2.45, 2.75) is 37.8 Å². The number of aryl methyl sites for hydroxylation is 1. The normalized spacial score (nSPS) is 18.0. The largest absolute Gasteiger partial charge is 0.341 e. The molecule has 7 nitrogen and oxygen atoms in total. The highest BCUT2D eigenvalue weighted by molar-refractivity contribution is 7.89. The van der Waals surface area contributed by atoms with Crippen LogP contribution in [0.5, 0.6) is 0 Å². The van der Waals surface area contributed by atoms with E-state index in [9.17, 15) is 13.2 Å². The minimum Gasteiger partial charge on any atom is -0.341 e. The fourth-order valence-corrected chi connectivity index (χ4v) is 3.33. The van der Waals surface area contributed by atoms with E-state index in [-0.39, 0.29) is 17.0 Å². The Hall–Kier alpha value is -1.41. The van der Waals surface area contributed by atoms with Gasteiger partial charge in [-0.15, -0.1) is 0 Å². The molecule has 1 atom stereocenters. The predicted octanol–water partition coefficient (Wildman–Crippen LogP) is 0.00732. The Bertz CT molecular complexity index is 566. The molecule has 0 aliphatic carbocycles. The van der Waals surface area contributed by atoms with Gasteiger partial charge in [-0.25, -0.2) is 18.1 Å². The van der Waals surface area contributed by atoms with E-state index < -0.39 is 10.0 Å². The molecule has 1 aromatic heterocycles. The molecule has 1 unspecified atom stereocenters. The highest BCUT2D eigenvalue weighted by atomic mass is 32.2. The number of aromatic amines is 1. The van der Waals surface area contributed by atoms with Gasteiger partial charge in [0, 0.05) is 25.6 Å². The van der Waals surface area contributed by atoms with Crippen molar-refractivity contribution in [3.05, 3.63) is 12.0 Å². The zero-order chi connectivity index (χ0) is 14.0. The molecular weight excluding hydrogens is 268 g/mol. The minimum absolute atomic E-state index is 0.0459. The van der Waals surface area contributed by atoms with Gasteiger partial charge in [0.15, 0.2) is 5.03 Å². The second-order valence-corrected chi connectivity index (χ2v) is 6.48. The van der Waals surface area contributed by atoms with Crippen LogP contribution in [0.4, 0.5) is 0 Å². The molecular formula is C11H18N4O3S.